The normalized spacial score (nSPS) is 15.8. The van der Waals surface area contributed by atoms with Crippen molar-refractivity contribution in [1.29, 1.82) is 0 Å². The van der Waals surface area contributed by atoms with E-state index in [-0.39, 0.29) is 23.5 Å². The third kappa shape index (κ3) is 6.67. The molecule has 1 aromatic heterocycles. The number of aromatic nitrogens is 1. The Morgan fingerprint density at radius 1 is 1.11 bits per heavy atom. The number of hydrogen-bond acceptors (Lipinski definition) is 7. The largest absolute Gasteiger partial charge is 0.455 e. The van der Waals surface area contributed by atoms with Gasteiger partial charge in [-0.1, -0.05) is 49.6 Å². The van der Waals surface area contributed by atoms with Crippen LogP contribution in [0.1, 0.15) is 37.7 Å². The maximum Gasteiger partial charge on any atom is 0.455 e. The molecule has 8 nitrogen and oxygen atoms in total. The lowest BCUT2D eigenvalue weighted by Crippen LogP contribution is -2.43. The average molecular weight is 496 g/mol. The summed E-state index contributed by atoms with van der Waals surface area (Å²) < 4.78 is 34.2. The van der Waals surface area contributed by atoms with Gasteiger partial charge in [0.1, 0.15) is 0 Å². The van der Waals surface area contributed by atoms with Crippen LogP contribution in [0.2, 0.25) is 5.82 Å². The summed E-state index contributed by atoms with van der Waals surface area (Å²) in [5.74, 6) is -0.106. The Hall–Kier alpha value is -2.79. The van der Waals surface area contributed by atoms with Crippen molar-refractivity contribution in [1.82, 2.24) is 9.71 Å². The molecule has 0 spiro atoms. The van der Waals surface area contributed by atoms with Crippen LogP contribution >= 0.6 is 0 Å². The molecule has 3 aromatic rings. The zero-order chi connectivity index (χ0) is 24.8. The molecule has 0 aliphatic heterocycles. The summed E-state index contributed by atoms with van der Waals surface area (Å²) in [6, 6.07) is 14.2. The molecule has 1 fully saturated rings. The second-order valence-corrected chi connectivity index (χ2v) is 10.8. The van der Waals surface area contributed by atoms with E-state index < -0.39 is 29.0 Å². The summed E-state index contributed by atoms with van der Waals surface area (Å²) in [5, 5.41) is 19.7. The molecule has 0 saturated heterocycles. The molecule has 10 heteroatoms. The summed E-state index contributed by atoms with van der Waals surface area (Å²) in [5.41, 5.74) is 1.48. The monoisotopic (exact) mass is 496 g/mol. The number of sulfonamides is 1. The van der Waals surface area contributed by atoms with Crippen molar-refractivity contribution in [3.05, 3.63) is 72.8 Å². The molecular weight excluding hydrogens is 467 g/mol. The van der Waals surface area contributed by atoms with Crippen molar-refractivity contribution in [3.8, 4) is 11.3 Å². The van der Waals surface area contributed by atoms with Crippen molar-refractivity contribution >= 4 is 22.9 Å². The molecule has 2 atom stereocenters. The van der Waals surface area contributed by atoms with Gasteiger partial charge in [-0.05, 0) is 48.6 Å². The topological polar surface area (TPSA) is 130 Å². The molecule has 35 heavy (non-hydrogen) atoms. The van der Waals surface area contributed by atoms with E-state index in [0.29, 0.717) is 23.7 Å². The molecule has 2 aromatic carbocycles. The number of hydrogen-bond donors (Lipinski definition) is 3. The van der Waals surface area contributed by atoms with Crippen molar-refractivity contribution in [2.45, 2.75) is 55.3 Å². The predicted molar refractivity (Wildman–Crippen MR) is 132 cm³/mol. The van der Waals surface area contributed by atoms with Gasteiger partial charge in [0, 0.05) is 17.8 Å². The first-order valence-corrected chi connectivity index (χ1v) is 13.2. The van der Waals surface area contributed by atoms with E-state index in [1.807, 2.05) is 30.3 Å². The first kappa shape index (κ1) is 25.3. The van der Waals surface area contributed by atoms with Gasteiger partial charge in [-0.3, -0.25) is 4.79 Å². The third-order valence-corrected chi connectivity index (χ3v) is 8.08. The van der Waals surface area contributed by atoms with Gasteiger partial charge in [0.15, 0.2) is 17.9 Å². The SMILES string of the molecule is O=C(C[C@@H](CC1CCC1)B(O)O)[C@H](Cc1ccccc1)NS(=O)(=O)c1ccc(-c2cnco2)cc1. The van der Waals surface area contributed by atoms with E-state index in [1.54, 1.807) is 12.1 Å². The number of benzene rings is 2. The number of Topliss-reactive ketones (excluding diaryl/α,β-unsaturated/α-hetero) is 1. The van der Waals surface area contributed by atoms with Crippen LogP contribution in [0, 0.1) is 5.92 Å². The minimum atomic E-state index is -4.02. The van der Waals surface area contributed by atoms with Crippen LogP contribution in [0.15, 0.2) is 76.5 Å². The molecule has 0 amide bonds. The van der Waals surface area contributed by atoms with Crippen LogP contribution in [-0.2, 0) is 21.2 Å². The highest BCUT2D eigenvalue weighted by atomic mass is 32.2. The second-order valence-electron chi connectivity index (χ2n) is 9.13. The fourth-order valence-electron chi connectivity index (χ4n) is 4.35. The van der Waals surface area contributed by atoms with Crippen molar-refractivity contribution in [3.63, 3.8) is 0 Å². The third-order valence-electron chi connectivity index (χ3n) is 6.60. The van der Waals surface area contributed by atoms with Gasteiger partial charge < -0.3 is 14.5 Å². The summed E-state index contributed by atoms with van der Waals surface area (Å²) in [6.07, 6.45) is 6.55. The van der Waals surface area contributed by atoms with E-state index >= 15 is 0 Å². The van der Waals surface area contributed by atoms with Gasteiger partial charge in [0.05, 0.1) is 17.1 Å². The summed E-state index contributed by atoms with van der Waals surface area (Å²) in [7, 11) is -5.65. The van der Waals surface area contributed by atoms with Gasteiger partial charge >= 0.3 is 7.12 Å². The van der Waals surface area contributed by atoms with Crippen molar-refractivity contribution < 1.29 is 27.7 Å². The number of rotatable bonds is 12. The standard InChI is InChI=1S/C25H29BN2O6S/c29-24(15-21(26(30)31)13-18-7-4-8-18)23(14-19-5-2-1-3-6-19)28-35(32,33)22-11-9-20(10-12-22)25-16-27-17-34-25/h1-3,5-6,9-12,16-18,21,23,28,30-31H,4,7-8,13-15H2/t21-,23+/m1/s1. The lowest BCUT2D eigenvalue weighted by atomic mass is 9.63. The van der Waals surface area contributed by atoms with Gasteiger partial charge in [-0.2, -0.15) is 0 Å². The lowest BCUT2D eigenvalue weighted by Gasteiger charge is -2.30. The predicted octanol–water partition coefficient (Wildman–Crippen LogP) is 3.22. The van der Waals surface area contributed by atoms with Crippen LogP contribution in [0.5, 0.6) is 0 Å². The van der Waals surface area contributed by atoms with E-state index in [4.69, 9.17) is 4.42 Å². The zero-order valence-electron chi connectivity index (χ0n) is 19.3. The number of nitrogens with zero attached hydrogens (tertiary/aromatic N) is 1. The summed E-state index contributed by atoms with van der Waals surface area (Å²) in [4.78, 5) is 17.2. The average Bonchev–Trinajstić information content (AvgIpc) is 3.35. The maximum absolute atomic E-state index is 13.3. The Bertz CT molecular complexity index is 1200. The van der Waals surface area contributed by atoms with Crippen LogP contribution in [-0.4, -0.2) is 42.4 Å². The number of carbonyl (C=O) groups excluding carboxylic acids is 1. The number of oxazole rings is 1. The fraction of sp³-hybridized carbons (Fsp3) is 0.360. The molecular formula is C25H29BN2O6S. The summed E-state index contributed by atoms with van der Waals surface area (Å²) >= 11 is 0. The van der Waals surface area contributed by atoms with Gasteiger partial charge in [-0.15, -0.1) is 0 Å². The van der Waals surface area contributed by atoms with E-state index in [1.165, 1.54) is 24.7 Å². The van der Waals surface area contributed by atoms with Crippen LogP contribution < -0.4 is 4.72 Å². The Balaban J connectivity index is 1.52. The molecule has 4 rings (SSSR count). The van der Waals surface area contributed by atoms with Crippen LogP contribution in [0.4, 0.5) is 0 Å². The van der Waals surface area contributed by atoms with E-state index in [9.17, 15) is 23.3 Å². The van der Waals surface area contributed by atoms with Gasteiger partial charge in [0.25, 0.3) is 0 Å². The molecule has 0 radical (unpaired) electrons. The van der Waals surface area contributed by atoms with E-state index in [0.717, 1.165) is 24.8 Å². The smallest absolute Gasteiger partial charge is 0.444 e. The first-order chi connectivity index (χ1) is 16.8. The minimum absolute atomic E-state index is 0.0137. The highest BCUT2D eigenvalue weighted by molar-refractivity contribution is 7.89. The highest BCUT2D eigenvalue weighted by Crippen LogP contribution is 2.36. The molecule has 1 aliphatic rings. The minimum Gasteiger partial charge on any atom is -0.444 e. The Kier molecular flexibility index (Phi) is 8.17. The molecule has 3 N–H and O–H groups in total. The molecule has 1 saturated carbocycles. The fourth-order valence-corrected chi connectivity index (χ4v) is 5.57. The Morgan fingerprint density at radius 3 is 2.40 bits per heavy atom. The number of nitrogens with one attached hydrogen (secondary N) is 1. The van der Waals surface area contributed by atoms with E-state index in [2.05, 4.69) is 9.71 Å². The first-order valence-electron chi connectivity index (χ1n) is 11.8. The second kappa shape index (κ2) is 11.3. The van der Waals surface area contributed by atoms with Crippen molar-refractivity contribution in [2.24, 2.45) is 5.92 Å². The van der Waals surface area contributed by atoms with Crippen LogP contribution in [0.3, 0.4) is 0 Å². The Labute approximate surface area is 205 Å². The molecule has 184 valence electrons. The summed E-state index contributed by atoms with van der Waals surface area (Å²) in [6.45, 7) is 0. The molecule has 0 unspecified atom stereocenters. The number of carbonyl (C=O) groups is 1. The molecule has 1 aliphatic carbocycles. The zero-order valence-corrected chi connectivity index (χ0v) is 20.1. The molecule has 1 heterocycles. The molecule has 0 bridgehead atoms. The Morgan fingerprint density at radius 2 is 1.83 bits per heavy atom. The highest BCUT2D eigenvalue weighted by Gasteiger charge is 2.34. The van der Waals surface area contributed by atoms with Crippen LogP contribution in [0.25, 0.3) is 11.3 Å². The quantitative estimate of drug-likeness (QED) is 0.328. The van der Waals surface area contributed by atoms with Crippen molar-refractivity contribution in [2.75, 3.05) is 0 Å². The maximum atomic E-state index is 13.3. The van der Waals surface area contributed by atoms with Gasteiger partial charge in [0.2, 0.25) is 10.0 Å². The number of ketones is 1. The van der Waals surface area contributed by atoms with Gasteiger partial charge in [-0.25, -0.2) is 18.1 Å². The lowest BCUT2D eigenvalue weighted by molar-refractivity contribution is -0.120.